The van der Waals surface area contributed by atoms with E-state index in [9.17, 15) is 14.7 Å². The zero-order chi connectivity index (χ0) is 21.1. The number of nitrogens with zero attached hydrogens (tertiary/aromatic N) is 2. The number of carbonyl (C=O) groups is 1. The van der Waals surface area contributed by atoms with E-state index in [-0.39, 0.29) is 18.1 Å². The zero-order valence-corrected chi connectivity index (χ0v) is 17.1. The molecule has 0 radical (unpaired) electrons. The molecule has 0 saturated carbocycles. The Bertz CT molecular complexity index is 1130. The molecule has 3 rings (SSSR count). The van der Waals surface area contributed by atoms with Crippen LogP contribution in [-0.4, -0.2) is 40.0 Å². The molecule has 7 nitrogen and oxygen atoms in total. The van der Waals surface area contributed by atoms with E-state index in [0.717, 1.165) is 5.56 Å². The normalized spacial score (nSPS) is 10.6. The summed E-state index contributed by atoms with van der Waals surface area (Å²) in [7, 11) is 3.04. The van der Waals surface area contributed by atoms with Crippen LogP contribution in [0.25, 0.3) is 11.4 Å². The first kappa shape index (κ1) is 20.7. The standard InChI is InChI=1S/C20H17Cl2N3O4/c1-25(10-11-6-7-14(21)15(22)8-11)20(28)16-17(26)19(27)24-18(23-16)12-4-3-5-13(9-12)29-2/h3-9,26H,10H2,1-2H3,(H,23,24,27). The quantitative estimate of drug-likeness (QED) is 0.638. The summed E-state index contributed by atoms with van der Waals surface area (Å²) < 4.78 is 5.17. The minimum atomic E-state index is -0.816. The van der Waals surface area contributed by atoms with Gasteiger partial charge in [-0.05, 0) is 29.8 Å². The van der Waals surface area contributed by atoms with Gasteiger partial charge in [-0.3, -0.25) is 9.59 Å². The Morgan fingerprint density at radius 1 is 1.21 bits per heavy atom. The van der Waals surface area contributed by atoms with Crippen molar-refractivity contribution < 1.29 is 14.6 Å². The van der Waals surface area contributed by atoms with Gasteiger partial charge in [0, 0.05) is 19.2 Å². The van der Waals surface area contributed by atoms with Crippen molar-refractivity contribution in [3.63, 3.8) is 0 Å². The van der Waals surface area contributed by atoms with Gasteiger partial charge in [0.25, 0.3) is 11.5 Å². The highest BCUT2D eigenvalue weighted by Crippen LogP contribution is 2.24. The summed E-state index contributed by atoms with van der Waals surface area (Å²) in [6.07, 6.45) is 0. The van der Waals surface area contributed by atoms with Crippen LogP contribution in [0.4, 0.5) is 0 Å². The van der Waals surface area contributed by atoms with Crippen molar-refractivity contribution in [3.8, 4) is 22.9 Å². The molecule has 0 saturated heterocycles. The summed E-state index contributed by atoms with van der Waals surface area (Å²) in [6.45, 7) is 0.179. The monoisotopic (exact) mass is 433 g/mol. The fraction of sp³-hybridized carbons (Fsp3) is 0.150. The van der Waals surface area contributed by atoms with Crippen molar-refractivity contribution in [1.82, 2.24) is 14.9 Å². The van der Waals surface area contributed by atoms with E-state index >= 15 is 0 Å². The summed E-state index contributed by atoms with van der Waals surface area (Å²) in [5.41, 5.74) is 0.0912. The number of halogens is 2. The van der Waals surface area contributed by atoms with Crippen molar-refractivity contribution in [2.45, 2.75) is 6.54 Å². The highest BCUT2D eigenvalue weighted by Gasteiger charge is 2.22. The lowest BCUT2D eigenvalue weighted by Gasteiger charge is -2.18. The minimum absolute atomic E-state index is 0.137. The first-order chi connectivity index (χ1) is 13.8. The van der Waals surface area contributed by atoms with Gasteiger partial charge in [-0.15, -0.1) is 0 Å². The first-order valence-electron chi connectivity index (χ1n) is 8.47. The van der Waals surface area contributed by atoms with Crippen molar-refractivity contribution in [3.05, 3.63) is 74.1 Å². The maximum Gasteiger partial charge on any atom is 0.294 e. The molecule has 2 aromatic carbocycles. The molecular weight excluding hydrogens is 417 g/mol. The molecule has 0 unspecified atom stereocenters. The molecule has 0 aliphatic rings. The third kappa shape index (κ3) is 4.52. The average molecular weight is 434 g/mol. The fourth-order valence-corrected chi connectivity index (χ4v) is 3.01. The van der Waals surface area contributed by atoms with Crippen LogP contribution in [0, 0.1) is 0 Å². The van der Waals surface area contributed by atoms with E-state index in [1.165, 1.54) is 19.1 Å². The molecule has 150 valence electrons. The van der Waals surface area contributed by atoms with Gasteiger partial charge in [0.1, 0.15) is 11.6 Å². The number of hydrogen-bond donors (Lipinski definition) is 2. The van der Waals surface area contributed by atoms with Crippen LogP contribution < -0.4 is 10.3 Å². The van der Waals surface area contributed by atoms with Gasteiger partial charge >= 0.3 is 0 Å². The molecule has 29 heavy (non-hydrogen) atoms. The largest absolute Gasteiger partial charge is 0.501 e. The van der Waals surface area contributed by atoms with Crippen LogP contribution >= 0.6 is 23.2 Å². The van der Waals surface area contributed by atoms with E-state index in [4.69, 9.17) is 27.9 Å². The van der Waals surface area contributed by atoms with E-state index < -0.39 is 17.2 Å². The predicted molar refractivity (Wildman–Crippen MR) is 111 cm³/mol. The van der Waals surface area contributed by atoms with E-state index in [1.54, 1.807) is 42.5 Å². The first-order valence-corrected chi connectivity index (χ1v) is 9.23. The van der Waals surface area contributed by atoms with Gasteiger partial charge in [-0.25, -0.2) is 4.98 Å². The van der Waals surface area contributed by atoms with E-state index in [2.05, 4.69) is 9.97 Å². The number of amides is 1. The summed E-state index contributed by atoms with van der Waals surface area (Å²) in [6, 6.07) is 11.8. The molecule has 9 heteroatoms. The van der Waals surface area contributed by atoms with Crippen molar-refractivity contribution in [1.29, 1.82) is 0 Å². The number of hydrogen-bond acceptors (Lipinski definition) is 5. The Morgan fingerprint density at radius 3 is 2.66 bits per heavy atom. The van der Waals surface area contributed by atoms with Gasteiger partial charge < -0.3 is 19.7 Å². The van der Waals surface area contributed by atoms with Gasteiger partial charge in [0.2, 0.25) is 5.75 Å². The molecule has 1 amide bonds. The van der Waals surface area contributed by atoms with Gasteiger partial charge in [0.05, 0.1) is 17.2 Å². The number of methoxy groups -OCH3 is 1. The fourth-order valence-electron chi connectivity index (χ4n) is 2.69. The molecular formula is C20H17Cl2N3O4. The number of H-pyrrole nitrogens is 1. The van der Waals surface area contributed by atoms with Gasteiger partial charge in [0.15, 0.2) is 5.69 Å². The Hall–Kier alpha value is -3.03. The SMILES string of the molecule is COc1cccc(-c2nc(C(=O)N(C)Cc3ccc(Cl)c(Cl)c3)c(O)c(=O)[nH]2)c1. The van der Waals surface area contributed by atoms with Crippen molar-refractivity contribution in [2.75, 3.05) is 14.2 Å². The number of aromatic nitrogens is 2. The molecule has 3 aromatic rings. The van der Waals surface area contributed by atoms with Crippen molar-refractivity contribution in [2.24, 2.45) is 0 Å². The van der Waals surface area contributed by atoms with E-state index in [1.807, 2.05) is 0 Å². The second kappa shape index (κ2) is 8.55. The molecule has 0 bridgehead atoms. The number of nitrogens with one attached hydrogen (secondary N) is 1. The van der Waals surface area contributed by atoms with Crippen LogP contribution in [0.5, 0.6) is 11.5 Å². The Morgan fingerprint density at radius 2 is 1.97 bits per heavy atom. The Kier molecular flexibility index (Phi) is 6.10. The topological polar surface area (TPSA) is 95.5 Å². The predicted octanol–water partition coefficient (Wildman–Crippen LogP) is 3.73. The average Bonchev–Trinajstić information content (AvgIpc) is 2.72. The zero-order valence-electron chi connectivity index (χ0n) is 15.6. The maximum atomic E-state index is 12.8. The highest BCUT2D eigenvalue weighted by atomic mass is 35.5. The Labute approximate surface area is 176 Å². The van der Waals surface area contributed by atoms with Gasteiger partial charge in [-0.2, -0.15) is 0 Å². The van der Waals surface area contributed by atoms with Crippen LogP contribution in [0.15, 0.2) is 47.3 Å². The van der Waals surface area contributed by atoms with E-state index in [0.29, 0.717) is 21.4 Å². The second-order valence-corrected chi connectivity index (χ2v) is 7.07. The summed E-state index contributed by atoms with van der Waals surface area (Å²) in [5, 5.41) is 10.9. The summed E-state index contributed by atoms with van der Waals surface area (Å²) >= 11 is 11.9. The van der Waals surface area contributed by atoms with Crippen LogP contribution in [0.1, 0.15) is 16.1 Å². The molecule has 0 fully saturated rings. The molecule has 0 aliphatic carbocycles. The molecule has 1 aromatic heterocycles. The molecule has 0 aliphatic heterocycles. The van der Waals surface area contributed by atoms with Crippen molar-refractivity contribution >= 4 is 29.1 Å². The summed E-state index contributed by atoms with van der Waals surface area (Å²) in [5.74, 6) is -0.674. The lowest BCUT2D eigenvalue weighted by molar-refractivity contribution is 0.0775. The molecule has 0 spiro atoms. The number of aromatic amines is 1. The van der Waals surface area contributed by atoms with Crippen LogP contribution in [0.2, 0.25) is 10.0 Å². The number of aromatic hydroxyl groups is 1. The number of carbonyl (C=O) groups excluding carboxylic acids is 1. The molecule has 0 atom stereocenters. The highest BCUT2D eigenvalue weighted by molar-refractivity contribution is 6.42. The lowest BCUT2D eigenvalue weighted by Crippen LogP contribution is -2.29. The third-order valence-corrected chi connectivity index (χ3v) is 4.93. The van der Waals surface area contributed by atoms with Crippen LogP contribution in [-0.2, 0) is 6.54 Å². The molecule has 1 heterocycles. The molecule has 2 N–H and O–H groups in total. The second-order valence-electron chi connectivity index (χ2n) is 6.25. The van der Waals surface area contributed by atoms with Crippen LogP contribution in [0.3, 0.4) is 0 Å². The number of rotatable bonds is 5. The summed E-state index contributed by atoms with van der Waals surface area (Å²) in [4.78, 5) is 33.0. The Balaban J connectivity index is 1.94. The number of ether oxygens (including phenoxy) is 1. The van der Waals surface area contributed by atoms with Gasteiger partial charge in [-0.1, -0.05) is 41.4 Å². The lowest BCUT2D eigenvalue weighted by atomic mass is 10.2. The number of benzene rings is 2. The smallest absolute Gasteiger partial charge is 0.294 e. The minimum Gasteiger partial charge on any atom is -0.501 e. The maximum absolute atomic E-state index is 12.8. The third-order valence-electron chi connectivity index (χ3n) is 4.19.